The van der Waals surface area contributed by atoms with Crippen LogP contribution in [-0.4, -0.2) is 9.52 Å². The van der Waals surface area contributed by atoms with E-state index in [-0.39, 0.29) is 0 Å². The summed E-state index contributed by atoms with van der Waals surface area (Å²) in [4.78, 5) is 0. The fraction of sp³-hybridized carbons (Fsp3) is 0.148. The Kier molecular flexibility index (Phi) is 14.5. The second kappa shape index (κ2) is 20.1. The Bertz CT molecular complexity index is 2730. The van der Waals surface area contributed by atoms with Crippen molar-refractivity contribution in [1.82, 2.24) is 0 Å². The predicted molar refractivity (Wildman–Crippen MR) is 257 cm³/mol. The standard InChI is InChI=1S/2C26H21.C2H6Si.2ClH.Zr/c2*1-2-8-18-15-19-10-7-14-24(25(19)16-18)26-17-20-9-3-4-11-21(20)22-12-5-6-13-23(22)26;1-3-2;;;/h2*3-7,9-17H,2,8H2,1H3;1-2H3;2*1H;/q2*-1;;;;+4/p-2. The van der Waals surface area contributed by atoms with Crippen LogP contribution in [0.4, 0.5) is 0 Å². The van der Waals surface area contributed by atoms with Gasteiger partial charge in [-0.3, -0.25) is 0 Å². The Labute approximate surface area is 365 Å². The molecular weight excluding hydrogens is 839 g/mol. The van der Waals surface area contributed by atoms with Gasteiger partial charge in [0.1, 0.15) is 0 Å². The maximum atomic E-state index is 4.93. The van der Waals surface area contributed by atoms with Gasteiger partial charge in [-0.2, -0.15) is 12.1 Å². The molecule has 0 nitrogen and oxygen atoms in total. The molecule has 0 atom stereocenters. The summed E-state index contributed by atoms with van der Waals surface area (Å²) in [5.41, 5.74) is 8.23. The molecule has 10 aromatic carbocycles. The van der Waals surface area contributed by atoms with E-state index in [2.05, 4.69) is 197 Å². The molecule has 10 rings (SSSR count). The molecule has 0 amide bonds. The van der Waals surface area contributed by atoms with Crippen molar-refractivity contribution in [3.8, 4) is 22.3 Å². The first-order chi connectivity index (χ1) is 28.5. The molecule has 4 heteroatoms. The van der Waals surface area contributed by atoms with Crippen molar-refractivity contribution in [2.24, 2.45) is 0 Å². The molecule has 0 saturated carbocycles. The van der Waals surface area contributed by atoms with Gasteiger partial charge in [-0.25, -0.2) is 0 Å². The molecule has 0 aliphatic carbocycles. The van der Waals surface area contributed by atoms with E-state index in [4.69, 9.17) is 17.0 Å². The Morgan fingerprint density at radius 1 is 0.414 bits per heavy atom. The minimum absolute atomic E-state index is 0.826. The molecule has 0 heterocycles. The zero-order valence-corrected chi connectivity index (χ0v) is 38.7. The first kappa shape index (κ1) is 41.8. The van der Waals surface area contributed by atoms with Gasteiger partial charge in [0.15, 0.2) is 0 Å². The molecule has 0 aliphatic heterocycles. The minimum atomic E-state index is -0.826. The zero-order valence-electron chi connectivity index (χ0n) is 33.8. The van der Waals surface area contributed by atoms with Gasteiger partial charge in [0.2, 0.25) is 0 Å². The summed E-state index contributed by atoms with van der Waals surface area (Å²) in [6.07, 6.45) is 4.66. The Morgan fingerprint density at radius 3 is 1.14 bits per heavy atom. The van der Waals surface area contributed by atoms with Crippen LogP contribution in [0.5, 0.6) is 0 Å². The summed E-state index contributed by atoms with van der Waals surface area (Å²) in [5.74, 6) is 0. The third kappa shape index (κ3) is 8.97. The molecule has 0 aliphatic rings. The molecular formula is C54H48Cl2SiZr. The van der Waals surface area contributed by atoms with Crippen LogP contribution in [0.25, 0.3) is 86.9 Å². The van der Waals surface area contributed by atoms with Gasteiger partial charge in [-0.05, 0) is 79.2 Å². The second-order valence-corrected chi connectivity index (χ2v) is 19.5. The normalized spacial score (nSPS) is 10.9. The zero-order chi connectivity index (χ0) is 40.4. The van der Waals surface area contributed by atoms with Gasteiger partial charge >= 0.3 is 37.9 Å². The number of benzene rings is 8. The molecule has 0 spiro atoms. The van der Waals surface area contributed by atoms with Gasteiger partial charge in [-0.15, -0.1) is 69.1 Å². The molecule has 0 aromatic heterocycles. The molecule has 0 saturated heterocycles. The Hall–Kier alpha value is -4.30. The van der Waals surface area contributed by atoms with Crippen LogP contribution >= 0.6 is 17.0 Å². The molecule has 0 fully saturated rings. The quantitative estimate of drug-likeness (QED) is 0.0887. The first-order valence-electron chi connectivity index (χ1n) is 20.3. The van der Waals surface area contributed by atoms with E-state index in [1.54, 1.807) is 0 Å². The third-order valence-corrected chi connectivity index (χ3v) is 10.8. The number of halogens is 2. The van der Waals surface area contributed by atoms with Crippen LogP contribution in [0.1, 0.15) is 37.8 Å². The van der Waals surface area contributed by atoms with E-state index in [0.717, 1.165) is 22.4 Å². The number of hydrogen-bond donors (Lipinski definition) is 0. The number of aryl methyl sites for hydroxylation is 2. The molecule has 286 valence electrons. The summed E-state index contributed by atoms with van der Waals surface area (Å²) >= 11 is -0.826. The molecule has 0 N–H and O–H groups in total. The average molecular weight is 887 g/mol. The third-order valence-electron chi connectivity index (χ3n) is 10.8. The van der Waals surface area contributed by atoms with Gasteiger partial charge in [0.05, 0.1) is 0 Å². The summed E-state index contributed by atoms with van der Waals surface area (Å²) in [7, 11) is 11.0. The van der Waals surface area contributed by atoms with Crippen molar-refractivity contribution >= 4 is 91.2 Å². The van der Waals surface area contributed by atoms with Gasteiger partial charge in [0, 0.05) is 9.52 Å². The van der Waals surface area contributed by atoms with Gasteiger partial charge < -0.3 is 0 Å². The molecule has 0 unspecified atom stereocenters. The fourth-order valence-electron chi connectivity index (χ4n) is 8.48. The van der Waals surface area contributed by atoms with Crippen LogP contribution in [0.3, 0.4) is 0 Å². The van der Waals surface area contributed by atoms with Crippen molar-refractivity contribution in [3.05, 3.63) is 181 Å². The maximum absolute atomic E-state index is 4.93. The van der Waals surface area contributed by atoms with Crippen molar-refractivity contribution in [2.45, 2.75) is 52.6 Å². The van der Waals surface area contributed by atoms with E-state index in [1.165, 1.54) is 111 Å². The molecule has 0 bridgehead atoms. The van der Waals surface area contributed by atoms with Crippen LogP contribution in [0.15, 0.2) is 170 Å². The average Bonchev–Trinajstić information content (AvgIpc) is 3.88. The van der Waals surface area contributed by atoms with E-state index < -0.39 is 20.8 Å². The van der Waals surface area contributed by atoms with E-state index in [1.807, 2.05) is 0 Å². The number of rotatable bonds is 6. The van der Waals surface area contributed by atoms with Crippen LogP contribution < -0.4 is 0 Å². The summed E-state index contributed by atoms with van der Waals surface area (Å²) < 4.78 is 0. The van der Waals surface area contributed by atoms with Crippen molar-refractivity contribution in [3.63, 3.8) is 0 Å². The summed E-state index contributed by atoms with van der Waals surface area (Å²) in [6.45, 7) is 8.80. The Morgan fingerprint density at radius 2 is 0.759 bits per heavy atom. The van der Waals surface area contributed by atoms with Crippen LogP contribution in [0.2, 0.25) is 13.1 Å². The topological polar surface area (TPSA) is 0 Å². The van der Waals surface area contributed by atoms with Gasteiger partial charge in [0.25, 0.3) is 0 Å². The Balaban J connectivity index is 0.000000156. The van der Waals surface area contributed by atoms with Crippen LogP contribution in [0, 0.1) is 0 Å². The van der Waals surface area contributed by atoms with Crippen molar-refractivity contribution in [1.29, 1.82) is 0 Å². The van der Waals surface area contributed by atoms with E-state index in [0.29, 0.717) is 0 Å². The van der Waals surface area contributed by atoms with Crippen molar-refractivity contribution in [2.75, 3.05) is 0 Å². The predicted octanol–water partition coefficient (Wildman–Crippen LogP) is 17.1. The summed E-state index contributed by atoms with van der Waals surface area (Å²) in [6, 6.07) is 62.6. The first-order valence-corrected chi connectivity index (χ1v) is 28.6. The summed E-state index contributed by atoms with van der Waals surface area (Å²) in [5, 5.41) is 16.0. The van der Waals surface area contributed by atoms with Gasteiger partial charge in [-0.1, -0.05) is 160 Å². The SMILES string of the molecule is CCCc1cc2c(-c3cc4ccccc4c4ccccc34)cccc2[cH-]1.CCCc1cc2c(-c3cc4ccccc4c4ccccc34)cccc2[cH-]1.C[Si]C.[Cl][Zr+2][Cl]. The number of fused-ring (bicyclic) bond motifs is 8. The van der Waals surface area contributed by atoms with E-state index in [9.17, 15) is 0 Å². The van der Waals surface area contributed by atoms with Crippen LogP contribution in [-0.2, 0) is 33.7 Å². The van der Waals surface area contributed by atoms with E-state index >= 15 is 0 Å². The van der Waals surface area contributed by atoms with Crippen molar-refractivity contribution < 1.29 is 20.8 Å². The second-order valence-electron chi connectivity index (χ2n) is 14.8. The monoisotopic (exact) mass is 884 g/mol. The fourth-order valence-corrected chi connectivity index (χ4v) is 8.48. The molecule has 2 radical (unpaired) electrons. The molecule has 10 aromatic rings. The number of hydrogen-bond acceptors (Lipinski definition) is 0. The molecule has 58 heavy (non-hydrogen) atoms.